The van der Waals surface area contributed by atoms with Gasteiger partial charge >= 0.3 is 0 Å². The van der Waals surface area contributed by atoms with E-state index in [1.807, 2.05) is 19.1 Å². The third kappa shape index (κ3) is 3.89. The molecule has 0 spiro atoms. The molecule has 0 aliphatic carbocycles. The van der Waals surface area contributed by atoms with Gasteiger partial charge in [0.2, 0.25) is 5.91 Å². The van der Waals surface area contributed by atoms with E-state index in [4.69, 9.17) is 27.9 Å². The Balaban J connectivity index is 1.81. The summed E-state index contributed by atoms with van der Waals surface area (Å²) >= 11 is 11.9. The molecule has 0 aromatic heterocycles. The smallest absolute Gasteiger partial charge is 0.265 e. The van der Waals surface area contributed by atoms with E-state index < -0.39 is 0 Å². The molecule has 7 heteroatoms. The molecule has 1 N–H and O–H groups in total. The standard InChI is InChI=1S/C18H16Cl2N2O3/c1-11-8-17(23)21-14-4-2-3-5-15(14)22(11)18(24)10-25-16-7-6-12(19)9-13(16)20/h2-7,9,11H,8,10H2,1H3,(H,21,23). The number of carbonyl (C=O) groups is 2. The lowest BCUT2D eigenvalue weighted by atomic mass is 10.1. The highest BCUT2D eigenvalue weighted by atomic mass is 35.5. The van der Waals surface area contributed by atoms with Crippen molar-refractivity contribution >= 4 is 46.4 Å². The van der Waals surface area contributed by atoms with Crippen molar-refractivity contribution in [1.29, 1.82) is 0 Å². The number of hydrogen-bond donors (Lipinski definition) is 1. The number of amides is 2. The zero-order valence-electron chi connectivity index (χ0n) is 13.5. The summed E-state index contributed by atoms with van der Waals surface area (Å²) in [4.78, 5) is 26.3. The molecular weight excluding hydrogens is 363 g/mol. The average molecular weight is 379 g/mol. The van der Waals surface area contributed by atoms with Crippen molar-refractivity contribution in [2.45, 2.75) is 19.4 Å². The van der Waals surface area contributed by atoms with Crippen molar-refractivity contribution in [3.05, 3.63) is 52.5 Å². The van der Waals surface area contributed by atoms with Gasteiger partial charge in [-0.15, -0.1) is 0 Å². The van der Waals surface area contributed by atoms with E-state index in [-0.39, 0.29) is 30.9 Å². The Labute approximate surface area is 155 Å². The molecule has 0 saturated heterocycles. The molecule has 1 unspecified atom stereocenters. The second-order valence-corrected chi connectivity index (χ2v) is 6.59. The summed E-state index contributed by atoms with van der Waals surface area (Å²) in [6, 6.07) is 11.7. The predicted molar refractivity (Wildman–Crippen MR) is 98.6 cm³/mol. The van der Waals surface area contributed by atoms with Gasteiger partial charge in [-0.2, -0.15) is 0 Å². The molecule has 0 saturated carbocycles. The Morgan fingerprint density at radius 3 is 2.80 bits per heavy atom. The summed E-state index contributed by atoms with van der Waals surface area (Å²) in [6.45, 7) is 1.63. The summed E-state index contributed by atoms with van der Waals surface area (Å²) in [5, 5.41) is 3.64. The number of carbonyl (C=O) groups excluding carboxylic acids is 2. The predicted octanol–water partition coefficient (Wildman–Crippen LogP) is 4.14. The molecule has 1 aliphatic heterocycles. The van der Waals surface area contributed by atoms with Gasteiger partial charge in [0.05, 0.1) is 16.4 Å². The molecule has 1 heterocycles. The Hall–Kier alpha value is -2.24. The first-order valence-electron chi connectivity index (χ1n) is 7.74. The quantitative estimate of drug-likeness (QED) is 0.872. The summed E-state index contributed by atoms with van der Waals surface area (Å²) in [6.07, 6.45) is 0.210. The fourth-order valence-electron chi connectivity index (χ4n) is 2.77. The second-order valence-electron chi connectivity index (χ2n) is 5.75. The molecule has 2 aromatic carbocycles. The molecule has 0 fully saturated rings. The van der Waals surface area contributed by atoms with Crippen LogP contribution in [0.5, 0.6) is 5.75 Å². The normalized spacial score (nSPS) is 16.7. The summed E-state index contributed by atoms with van der Waals surface area (Å²) < 4.78 is 5.55. The van der Waals surface area contributed by atoms with E-state index in [2.05, 4.69) is 5.32 Å². The zero-order valence-corrected chi connectivity index (χ0v) is 15.0. The Morgan fingerprint density at radius 1 is 1.28 bits per heavy atom. The molecule has 1 aliphatic rings. The average Bonchev–Trinajstić information content (AvgIpc) is 2.68. The van der Waals surface area contributed by atoms with E-state index in [0.717, 1.165) is 0 Å². The van der Waals surface area contributed by atoms with Crippen molar-refractivity contribution < 1.29 is 14.3 Å². The van der Waals surface area contributed by atoms with Crippen LogP contribution in [0.2, 0.25) is 10.0 Å². The highest BCUT2D eigenvalue weighted by Crippen LogP contribution is 2.32. The van der Waals surface area contributed by atoms with Crippen LogP contribution < -0.4 is 15.0 Å². The fraction of sp³-hybridized carbons (Fsp3) is 0.222. The van der Waals surface area contributed by atoms with Gasteiger partial charge in [-0.25, -0.2) is 0 Å². The molecule has 0 radical (unpaired) electrons. The monoisotopic (exact) mass is 378 g/mol. The van der Waals surface area contributed by atoms with Crippen LogP contribution in [0.25, 0.3) is 0 Å². The minimum absolute atomic E-state index is 0.128. The first kappa shape index (κ1) is 17.6. The van der Waals surface area contributed by atoms with Crippen LogP contribution >= 0.6 is 23.2 Å². The van der Waals surface area contributed by atoms with Crippen LogP contribution in [-0.4, -0.2) is 24.5 Å². The van der Waals surface area contributed by atoms with Crippen LogP contribution in [0.4, 0.5) is 11.4 Å². The van der Waals surface area contributed by atoms with Crippen LogP contribution in [0.1, 0.15) is 13.3 Å². The number of anilines is 2. The van der Waals surface area contributed by atoms with Gasteiger partial charge in [0.1, 0.15) is 5.75 Å². The van der Waals surface area contributed by atoms with E-state index in [9.17, 15) is 9.59 Å². The minimum Gasteiger partial charge on any atom is -0.482 e. The largest absolute Gasteiger partial charge is 0.482 e. The van der Waals surface area contributed by atoms with Gasteiger partial charge < -0.3 is 15.0 Å². The fourth-order valence-corrected chi connectivity index (χ4v) is 3.23. The molecule has 5 nitrogen and oxygen atoms in total. The zero-order chi connectivity index (χ0) is 18.0. The first-order chi connectivity index (χ1) is 12.0. The SMILES string of the molecule is CC1CC(=O)Nc2ccccc2N1C(=O)COc1ccc(Cl)cc1Cl. The van der Waals surface area contributed by atoms with Crippen molar-refractivity contribution in [1.82, 2.24) is 0 Å². The molecule has 25 heavy (non-hydrogen) atoms. The highest BCUT2D eigenvalue weighted by Gasteiger charge is 2.29. The third-order valence-electron chi connectivity index (χ3n) is 3.87. The van der Waals surface area contributed by atoms with Crippen molar-refractivity contribution in [3.63, 3.8) is 0 Å². The Morgan fingerprint density at radius 2 is 2.04 bits per heavy atom. The number of halogens is 2. The van der Waals surface area contributed by atoms with Gasteiger partial charge in [-0.3, -0.25) is 9.59 Å². The van der Waals surface area contributed by atoms with Crippen LogP contribution in [0.15, 0.2) is 42.5 Å². The van der Waals surface area contributed by atoms with Crippen LogP contribution in [0, 0.1) is 0 Å². The molecule has 1 atom stereocenters. The topological polar surface area (TPSA) is 58.6 Å². The van der Waals surface area contributed by atoms with E-state index in [0.29, 0.717) is 27.2 Å². The van der Waals surface area contributed by atoms with Crippen molar-refractivity contribution in [3.8, 4) is 5.75 Å². The van der Waals surface area contributed by atoms with Gasteiger partial charge in [0.15, 0.2) is 6.61 Å². The van der Waals surface area contributed by atoms with Gasteiger partial charge in [-0.1, -0.05) is 35.3 Å². The second kappa shape index (κ2) is 7.33. The molecule has 2 amide bonds. The van der Waals surface area contributed by atoms with Crippen LogP contribution in [0.3, 0.4) is 0 Å². The van der Waals surface area contributed by atoms with Gasteiger partial charge in [-0.05, 0) is 37.3 Å². The van der Waals surface area contributed by atoms with E-state index in [1.54, 1.807) is 35.2 Å². The summed E-state index contributed by atoms with van der Waals surface area (Å²) in [7, 11) is 0. The van der Waals surface area contributed by atoms with E-state index >= 15 is 0 Å². The van der Waals surface area contributed by atoms with Gasteiger partial charge in [0, 0.05) is 17.5 Å². The molecule has 3 rings (SSSR count). The highest BCUT2D eigenvalue weighted by molar-refractivity contribution is 6.35. The lowest BCUT2D eigenvalue weighted by Gasteiger charge is -2.27. The van der Waals surface area contributed by atoms with E-state index in [1.165, 1.54) is 0 Å². The lowest BCUT2D eigenvalue weighted by molar-refractivity contribution is -0.121. The minimum atomic E-state index is -0.291. The number of para-hydroxylation sites is 2. The van der Waals surface area contributed by atoms with Crippen molar-refractivity contribution in [2.24, 2.45) is 0 Å². The molecule has 2 aromatic rings. The molecule has 0 bridgehead atoms. The Bertz CT molecular complexity index is 826. The maximum atomic E-state index is 12.8. The van der Waals surface area contributed by atoms with Gasteiger partial charge in [0.25, 0.3) is 5.91 Å². The maximum absolute atomic E-state index is 12.8. The summed E-state index contributed by atoms with van der Waals surface area (Å²) in [5.41, 5.74) is 1.26. The first-order valence-corrected chi connectivity index (χ1v) is 8.50. The Kier molecular flexibility index (Phi) is 5.16. The number of nitrogens with zero attached hydrogens (tertiary/aromatic N) is 1. The maximum Gasteiger partial charge on any atom is 0.265 e. The number of fused-ring (bicyclic) bond motifs is 1. The number of rotatable bonds is 3. The van der Waals surface area contributed by atoms with Crippen molar-refractivity contribution in [2.75, 3.05) is 16.8 Å². The number of benzene rings is 2. The third-order valence-corrected chi connectivity index (χ3v) is 4.40. The van der Waals surface area contributed by atoms with Crippen LogP contribution in [-0.2, 0) is 9.59 Å². The molecule has 130 valence electrons. The molecular formula is C18H16Cl2N2O3. The summed E-state index contributed by atoms with van der Waals surface area (Å²) in [5.74, 6) is -0.0104. The number of ether oxygens (including phenoxy) is 1. The lowest BCUT2D eigenvalue weighted by Crippen LogP contribution is -2.41. The number of nitrogens with one attached hydrogen (secondary N) is 1. The number of hydrogen-bond acceptors (Lipinski definition) is 3.